The number of alkyl halides is 2. The molecule has 0 saturated carbocycles. The van der Waals surface area contributed by atoms with Crippen molar-refractivity contribution in [2.45, 2.75) is 33.6 Å². The lowest BCUT2D eigenvalue weighted by Crippen LogP contribution is -2.45. The minimum atomic E-state index is -2.66. The van der Waals surface area contributed by atoms with Crippen LogP contribution in [0.25, 0.3) is 0 Å². The van der Waals surface area contributed by atoms with E-state index in [0.717, 1.165) is 0 Å². The van der Waals surface area contributed by atoms with Crippen molar-refractivity contribution in [2.24, 2.45) is 5.41 Å². The fourth-order valence-electron chi connectivity index (χ4n) is 1.90. The highest BCUT2D eigenvalue weighted by Gasteiger charge is 2.43. The van der Waals surface area contributed by atoms with Crippen LogP contribution in [0.2, 0.25) is 0 Å². The maximum atomic E-state index is 13.7. The van der Waals surface area contributed by atoms with Gasteiger partial charge in [-0.2, -0.15) is 0 Å². The molecule has 1 nitrogen and oxygen atoms in total. The molecule has 0 aromatic heterocycles. The maximum absolute atomic E-state index is 13.7. The topological polar surface area (TPSA) is 3.24 Å². The van der Waals surface area contributed by atoms with Crippen LogP contribution in [0.15, 0.2) is 11.6 Å². The average molecular weight is 203 g/mol. The molecule has 1 aliphatic rings. The molecule has 1 heterocycles. The molecule has 0 fully saturated rings. The highest BCUT2D eigenvalue weighted by Crippen LogP contribution is 2.40. The van der Waals surface area contributed by atoms with Gasteiger partial charge in [-0.05, 0) is 12.0 Å². The molecule has 0 N–H and O–H groups in total. The molecule has 0 aromatic carbocycles. The molecule has 1 aliphatic heterocycles. The lowest BCUT2D eigenvalue weighted by molar-refractivity contribution is -0.0177. The van der Waals surface area contributed by atoms with Crippen LogP contribution in [-0.2, 0) is 0 Å². The summed E-state index contributed by atoms with van der Waals surface area (Å²) in [6.45, 7) is 8.64. The van der Waals surface area contributed by atoms with Crippen LogP contribution >= 0.6 is 0 Å². The summed E-state index contributed by atoms with van der Waals surface area (Å²) in [6, 6.07) is 0. The van der Waals surface area contributed by atoms with Crippen LogP contribution < -0.4 is 0 Å². The van der Waals surface area contributed by atoms with Gasteiger partial charge in [-0.1, -0.05) is 33.8 Å². The van der Waals surface area contributed by atoms with Crippen molar-refractivity contribution in [3.8, 4) is 0 Å². The van der Waals surface area contributed by atoms with E-state index < -0.39 is 11.3 Å². The van der Waals surface area contributed by atoms with Gasteiger partial charge in [0.25, 0.3) is 5.92 Å². The molecule has 0 atom stereocenters. The zero-order chi connectivity index (χ0) is 11.0. The van der Waals surface area contributed by atoms with Crippen molar-refractivity contribution < 1.29 is 8.78 Å². The van der Waals surface area contributed by atoms with E-state index in [9.17, 15) is 8.78 Å². The Hall–Kier alpha value is -0.440. The van der Waals surface area contributed by atoms with Crippen molar-refractivity contribution in [3.63, 3.8) is 0 Å². The van der Waals surface area contributed by atoms with Gasteiger partial charge >= 0.3 is 0 Å². The summed E-state index contributed by atoms with van der Waals surface area (Å²) in [7, 11) is 0. The number of likely N-dealkylation sites (N-methyl/N-ethyl adjacent to an activating group) is 1. The molecule has 0 aliphatic carbocycles. The Morgan fingerprint density at radius 2 is 2.00 bits per heavy atom. The largest absolute Gasteiger partial charge is 0.294 e. The van der Waals surface area contributed by atoms with Gasteiger partial charge in [-0.25, -0.2) is 8.78 Å². The first-order valence-corrected chi connectivity index (χ1v) is 5.08. The normalized spacial score (nSPS) is 23.4. The Morgan fingerprint density at radius 3 is 2.36 bits per heavy atom. The summed E-state index contributed by atoms with van der Waals surface area (Å²) in [4.78, 5) is 1.76. The third-order valence-electron chi connectivity index (χ3n) is 2.63. The third kappa shape index (κ3) is 2.32. The fourth-order valence-corrected chi connectivity index (χ4v) is 1.90. The van der Waals surface area contributed by atoms with Crippen LogP contribution in [0.3, 0.4) is 0 Å². The summed E-state index contributed by atoms with van der Waals surface area (Å²) in [5, 5.41) is 0. The molecule has 0 aromatic rings. The first-order valence-electron chi connectivity index (χ1n) is 5.08. The van der Waals surface area contributed by atoms with Crippen molar-refractivity contribution in [1.82, 2.24) is 4.90 Å². The SMILES string of the molecule is CCN1CC=C(C(C)(C)C)C(F)(F)C1. The van der Waals surface area contributed by atoms with E-state index in [4.69, 9.17) is 0 Å². The molecule has 0 amide bonds. The molecule has 0 radical (unpaired) electrons. The number of hydrogen-bond donors (Lipinski definition) is 0. The summed E-state index contributed by atoms with van der Waals surface area (Å²) < 4.78 is 27.4. The van der Waals surface area contributed by atoms with Crippen LogP contribution in [0.5, 0.6) is 0 Å². The Morgan fingerprint density at radius 1 is 1.43 bits per heavy atom. The highest BCUT2D eigenvalue weighted by atomic mass is 19.3. The summed E-state index contributed by atoms with van der Waals surface area (Å²) in [5.41, 5.74) is -0.140. The fraction of sp³-hybridized carbons (Fsp3) is 0.818. The van der Waals surface area contributed by atoms with Gasteiger partial charge in [0, 0.05) is 12.1 Å². The number of rotatable bonds is 1. The smallest absolute Gasteiger partial charge is 0.282 e. The van der Waals surface area contributed by atoms with Gasteiger partial charge in [0.05, 0.1) is 6.54 Å². The average Bonchev–Trinajstić information content (AvgIpc) is 1.99. The van der Waals surface area contributed by atoms with Crippen molar-refractivity contribution in [2.75, 3.05) is 19.6 Å². The minimum absolute atomic E-state index is 0.132. The number of nitrogens with zero attached hydrogens (tertiary/aromatic N) is 1. The quantitative estimate of drug-likeness (QED) is 0.592. The molecule has 1 rings (SSSR count). The Labute approximate surface area is 84.8 Å². The first kappa shape index (κ1) is 11.6. The van der Waals surface area contributed by atoms with Gasteiger partial charge in [-0.3, -0.25) is 4.90 Å². The second kappa shape index (κ2) is 3.61. The third-order valence-corrected chi connectivity index (χ3v) is 2.63. The van der Waals surface area contributed by atoms with Crippen LogP contribution in [0, 0.1) is 5.41 Å². The van der Waals surface area contributed by atoms with Crippen LogP contribution in [0.1, 0.15) is 27.7 Å². The molecule has 3 heteroatoms. The van der Waals surface area contributed by atoms with Crippen molar-refractivity contribution in [3.05, 3.63) is 11.6 Å². The monoisotopic (exact) mass is 203 g/mol. The molecule has 0 saturated heterocycles. The standard InChI is InChI=1S/C11H19F2N/c1-5-14-7-6-9(10(2,3)4)11(12,13)8-14/h6H,5,7-8H2,1-4H3. The second-order valence-corrected chi connectivity index (χ2v) is 4.90. The molecular formula is C11H19F2N. The van der Waals surface area contributed by atoms with Crippen LogP contribution in [0.4, 0.5) is 8.78 Å². The summed E-state index contributed by atoms with van der Waals surface area (Å²) >= 11 is 0. The Kier molecular flexibility index (Phi) is 3.00. The van der Waals surface area contributed by atoms with Gasteiger partial charge in [0.15, 0.2) is 0 Å². The van der Waals surface area contributed by atoms with Gasteiger partial charge in [0.1, 0.15) is 0 Å². The number of hydrogen-bond acceptors (Lipinski definition) is 1. The molecule has 82 valence electrons. The van der Waals surface area contributed by atoms with E-state index in [-0.39, 0.29) is 12.1 Å². The number of halogens is 2. The lowest BCUT2D eigenvalue weighted by Gasteiger charge is -2.37. The van der Waals surface area contributed by atoms with E-state index in [1.54, 1.807) is 11.0 Å². The summed E-state index contributed by atoms with van der Waals surface area (Å²) in [5.74, 6) is -2.66. The van der Waals surface area contributed by atoms with Gasteiger partial charge in [-0.15, -0.1) is 0 Å². The van der Waals surface area contributed by atoms with E-state index >= 15 is 0 Å². The highest BCUT2D eigenvalue weighted by molar-refractivity contribution is 5.23. The molecule has 14 heavy (non-hydrogen) atoms. The van der Waals surface area contributed by atoms with E-state index in [1.807, 2.05) is 27.7 Å². The van der Waals surface area contributed by atoms with Gasteiger partial charge in [0.2, 0.25) is 0 Å². The lowest BCUT2D eigenvalue weighted by atomic mass is 9.81. The first-order chi connectivity index (χ1) is 6.27. The van der Waals surface area contributed by atoms with E-state index in [2.05, 4.69) is 0 Å². The Bertz CT molecular complexity index is 238. The van der Waals surface area contributed by atoms with Gasteiger partial charge < -0.3 is 0 Å². The molecule has 0 bridgehead atoms. The predicted octanol–water partition coefficient (Wildman–Crippen LogP) is 2.93. The minimum Gasteiger partial charge on any atom is -0.294 e. The Balaban J connectivity index is 2.92. The molecular weight excluding hydrogens is 184 g/mol. The van der Waals surface area contributed by atoms with E-state index in [0.29, 0.717) is 13.1 Å². The maximum Gasteiger partial charge on any atom is 0.282 e. The zero-order valence-electron chi connectivity index (χ0n) is 9.40. The second-order valence-electron chi connectivity index (χ2n) is 4.90. The van der Waals surface area contributed by atoms with Crippen LogP contribution in [-0.4, -0.2) is 30.5 Å². The predicted molar refractivity (Wildman–Crippen MR) is 54.6 cm³/mol. The van der Waals surface area contributed by atoms with E-state index in [1.165, 1.54) is 0 Å². The summed E-state index contributed by atoms with van der Waals surface area (Å²) in [6.07, 6.45) is 1.69. The van der Waals surface area contributed by atoms with Crippen molar-refractivity contribution >= 4 is 0 Å². The molecule has 0 spiro atoms. The van der Waals surface area contributed by atoms with Crippen molar-refractivity contribution in [1.29, 1.82) is 0 Å². The molecule has 0 unspecified atom stereocenters. The zero-order valence-corrected chi connectivity index (χ0v) is 9.40.